The topological polar surface area (TPSA) is 90.0 Å². The number of anilines is 1. The van der Waals surface area contributed by atoms with Crippen molar-refractivity contribution in [3.05, 3.63) is 65.7 Å². The van der Waals surface area contributed by atoms with Crippen molar-refractivity contribution < 1.29 is 18.0 Å². The van der Waals surface area contributed by atoms with Crippen molar-refractivity contribution in [1.29, 1.82) is 0 Å². The number of aryl methyl sites for hydroxylation is 1. The highest BCUT2D eigenvalue weighted by molar-refractivity contribution is 7.90. The Morgan fingerprint density at radius 3 is 2.12 bits per heavy atom. The largest absolute Gasteiger partial charge is 0.352 e. The fourth-order valence-electron chi connectivity index (χ4n) is 3.33. The molecular formula is C25H36N4O4S. The fraction of sp³-hybridized carbons (Fsp3) is 0.440. The highest BCUT2D eigenvalue weighted by Gasteiger charge is 2.32. The normalized spacial score (nSPS) is 13.3. The Hall–Kier alpha value is -2.91. The lowest BCUT2D eigenvalue weighted by Gasteiger charge is -2.33. The van der Waals surface area contributed by atoms with Gasteiger partial charge in [-0.1, -0.05) is 49.4 Å². The number of nitrogens with one attached hydrogen (secondary N) is 1. The summed E-state index contributed by atoms with van der Waals surface area (Å²) in [6, 6.07) is 15.3. The minimum Gasteiger partial charge on any atom is -0.352 e. The monoisotopic (exact) mass is 488 g/mol. The zero-order chi connectivity index (χ0) is 25.5. The van der Waals surface area contributed by atoms with Gasteiger partial charge in [0.2, 0.25) is 11.8 Å². The molecule has 2 rings (SSSR count). The maximum Gasteiger partial charge on any atom is 0.304 e. The lowest BCUT2D eigenvalue weighted by atomic mass is 10.1. The molecule has 186 valence electrons. The van der Waals surface area contributed by atoms with Gasteiger partial charge in [-0.05, 0) is 50.5 Å². The third-order valence-corrected chi connectivity index (χ3v) is 7.65. The molecule has 2 aromatic carbocycles. The lowest BCUT2D eigenvalue weighted by molar-refractivity contribution is -0.139. The second-order valence-electron chi connectivity index (χ2n) is 8.57. The summed E-state index contributed by atoms with van der Waals surface area (Å²) in [4.78, 5) is 28.0. The third kappa shape index (κ3) is 6.80. The van der Waals surface area contributed by atoms with Crippen molar-refractivity contribution in [3.63, 3.8) is 0 Å². The first-order valence-corrected chi connectivity index (χ1v) is 12.8. The molecule has 1 N–H and O–H groups in total. The van der Waals surface area contributed by atoms with Crippen LogP contribution in [0.1, 0.15) is 38.3 Å². The number of carbonyl (C=O) groups excluding carboxylic acids is 2. The minimum atomic E-state index is -3.95. The van der Waals surface area contributed by atoms with Crippen molar-refractivity contribution in [2.45, 2.75) is 52.7 Å². The molecule has 0 spiro atoms. The maximum absolute atomic E-state index is 13.6. The van der Waals surface area contributed by atoms with Gasteiger partial charge in [0, 0.05) is 26.7 Å². The summed E-state index contributed by atoms with van der Waals surface area (Å²) in [6.45, 7) is 7.23. The third-order valence-electron chi connectivity index (χ3n) is 5.83. The van der Waals surface area contributed by atoms with Gasteiger partial charge in [-0.25, -0.2) is 4.31 Å². The first kappa shape index (κ1) is 27.3. The molecule has 0 heterocycles. The molecule has 0 aliphatic carbocycles. The number of nitrogens with zero attached hydrogens (tertiary/aromatic N) is 3. The average Bonchev–Trinajstić information content (AvgIpc) is 2.81. The Morgan fingerprint density at radius 2 is 1.56 bits per heavy atom. The van der Waals surface area contributed by atoms with Crippen molar-refractivity contribution in [2.24, 2.45) is 0 Å². The molecule has 34 heavy (non-hydrogen) atoms. The Kier molecular flexibility index (Phi) is 9.64. The first-order chi connectivity index (χ1) is 16.0. The maximum atomic E-state index is 13.6. The minimum absolute atomic E-state index is 0.0414. The van der Waals surface area contributed by atoms with Gasteiger partial charge in [0.1, 0.15) is 12.6 Å². The van der Waals surface area contributed by atoms with Crippen LogP contribution in [0, 0.1) is 6.92 Å². The van der Waals surface area contributed by atoms with Gasteiger partial charge in [-0.3, -0.25) is 9.59 Å². The molecule has 0 saturated heterocycles. The molecule has 0 radical (unpaired) electrons. The van der Waals surface area contributed by atoms with E-state index in [1.807, 2.05) is 45.0 Å². The number of rotatable bonds is 11. The predicted octanol–water partition coefficient (Wildman–Crippen LogP) is 2.94. The zero-order valence-corrected chi connectivity index (χ0v) is 21.7. The molecule has 2 atom stereocenters. The van der Waals surface area contributed by atoms with Crippen molar-refractivity contribution in [1.82, 2.24) is 14.5 Å². The van der Waals surface area contributed by atoms with Crippen LogP contribution < -0.4 is 9.62 Å². The molecule has 0 aliphatic heterocycles. The quantitative estimate of drug-likeness (QED) is 0.527. The van der Waals surface area contributed by atoms with Crippen LogP contribution >= 0.6 is 0 Å². The summed E-state index contributed by atoms with van der Waals surface area (Å²) in [5.41, 5.74) is 2.24. The molecular weight excluding hydrogens is 452 g/mol. The number of para-hydroxylation sites is 1. The Balaban J connectivity index is 2.43. The van der Waals surface area contributed by atoms with Gasteiger partial charge >= 0.3 is 10.2 Å². The van der Waals surface area contributed by atoms with E-state index in [0.717, 1.165) is 26.2 Å². The van der Waals surface area contributed by atoms with E-state index in [1.165, 1.54) is 19.0 Å². The Labute approximate surface area is 203 Å². The van der Waals surface area contributed by atoms with Gasteiger partial charge in [-0.15, -0.1) is 0 Å². The molecule has 9 heteroatoms. The summed E-state index contributed by atoms with van der Waals surface area (Å²) in [5.74, 6) is -0.748. The van der Waals surface area contributed by atoms with Crippen LogP contribution in [0.25, 0.3) is 0 Å². The predicted molar refractivity (Wildman–Crippen MR) is 135 cm³/mol. The molecule has 0 saturated carbocycles. The summed E-state index contributed by atoms with van der Waals surface area (Å²) < 4.78 is 28.3. The van der Waals surface area contributed by atoms with Crippen molar-refractivity contribution >= 4 is 27.7 Å². The average molecular weight is 489 g/mol. The van der Waals surface area contributed by atoms with E-state index < -0.39 is 28.7 Å². The highest BCUT2D eigenvalue weighted by atomic mass is 32.2. The van der Waals surface area contributed by atoms with Gasteiger partial charge < -0.3 is 10.2 Å². The Bertz CT molecular complexity index is 1070. The van der Waals surface area contributed by atoms with E-state index in [2.05, 4.69) is 5.32 Å². The molecule has 0 unspecified atom stereocenters. The van der Waals surface area contributed by atoms with Gasteiger partial charge in [0.15, 0.2) is 0 Å². The Morgan fingerprint density at radius 1 is 0.971 bits per heavy atom. The number of hydrogen-bond donors (Lipinski definition) is 1. The van der Waals surface area contributed by atoms with Gasteiger partial charge in [0.05, 0.1) is 5.69 Å². The molecule has 0 bridgehead atoms. The smallest absolute Gasteiger partial charge is 0.304 e. The van der Waals surface area contributed by atoms with Gasteiger partial charge in [0.25, 0.3) is 0 Å². The molecule has 2 aromatic rings. The first-order valence-electron chi connectivity index (χ1n) is 11.4. The lowest BCUT2D eigenvalue weighted by Crippen LogP contribution is -2.53. The van der Waals surface area contributed by atoms with Crippen LogP contribution in [0.3, 0.4) is 0 Å². The van der Waals surface area contributed by atoms with E-state index in [9.17, 15) is 18.0 Å². The van der Waals surface area contributed by atoms with Gasteiger partial charge in [-0.2, -0.15) is 12.7 Å². The second kappa shape index (κ2) is 12.0. The SMILES string of the molecule is CC[C@@H](C)NC(=O)[C@H](C)N(Cc1ccccc1C)C(=O)CN(c1ccccc1)S(=O)(=O)N(C)C. The summed E-state index contributed by atoms with van der Waals surface area (Å²) in [5, 5.41) is 2.93. The van der Waals surface area contributed by atoms with Crippen LogP contribution in [0.5, 0.6) is 0 Å². The highest BCUT2D eigenvalue weighted by Crippen LogP contribution is 2.21. The van der Waals surface area contributed by atoms with Crippen LogP contribution in [0.15, 0.2) is 54.6 Å². The van der Waals surface area contributed by atoms with Crippen molar-refractivity contribution in [2.75, 3.05) is 24.9 Å². The molecule has 0 aromatic heterocycles. The molecule has 0 aliphatic rings. The summed E-state index contributed by atoms with van der Waals surface area (Å²) in [7, 11) is -1.11. The van der Waals surface area contributed by atoms with Crippen LogP contribution in [-0.4, -0.2) is 62.2 Å². The molecule has 2 amide bonds. The standard InChI is InChI=1S/C25H36N4O4S/c1-7-20(3)26-25(31)21(4)28(17-22-14-12-11-13-19(22)2)24(30)18-29(34(32,33)27(5)6)23-15-9-8-10-16-23/h8-16,20-21H,7,17-18H2,1-6H3,(H,26,31)/t20-,21+/m1/s1. The second-order valence-corrected chi connectivity index (χ2v) is 10.6. The number of benzene rings is 2. The molecule has 0 fully saturated rings. The zero-order valence-electron chi connectivity index (χ0n) is 20.9. The number of carbonyl (C=O) groups is 2. The number of amides is 2. The van der Waals surface area contributed by atoms with Crippen LogP contribution in [0.2, 0.25) is 0 Å². The van der Waals surface area contributed by atoms with E-state index in [4.69, 9.17) is 0 Å². The van der Waals surface area contributed by atoms with E-state index in [-0.39, 0.29) is 18.5 Å². The van der Waals surface area contributed by atoms with Crippen LogP contribution in [0.4, 0.5) is 5.69 Å². The summed E-state index contributed by atoms with van der Waals surface area (Å²) >= 11 is 0. The molecule has 8 nitrogen and oxygen atoms in total. The van der Waals surface area contributed by atoms with E-state index in [1.54, 1.807) is 37.3 Å². The van der Waals surface area contributed by atoms with E-state index >= 15 is 0 Å². The van der Waals surface area contributed by atoms with Crippen LogP contribution in [-0.2, 0) is 26.3 Å². The van der Waals surface area contributed by atoms with E-state index in [0.29, 0.717) is 5.69 Å². The number of hydrogen-bond acceptors (Lipinski definition) is 4. The summed E-state index contributed by atoms with van der Waals surface area (Å²) in [6.07, 6.45) is 0.757. The van der Waals surface area contributed by atoms with Crippen molar-refractivity contribution in [3.8, 4) is 0 Å². The fourth-order valence-corrected chi connectivity index (χ4v) is 4.39.